The molecule has 6 heteroatoms. The maximum Gasteiger partial charge on any atom is 0.258 e. The average Bonchev–Trinajstić information content (AvgIpc) is 3.27. The second kappa shape index (κ2) is 10.3. The summed E-state index contributed by atoms with van der Waals surface area (Å²) in [6, 6.07) is 24.4. The minimum Gasteiger partial charge on any atom is -0.493 e. The van der Waals surface area contributed by atoms with Gasteiger partial charge in [-0.3, -0.25) is 4.79 Å². The van der Waals surface area contributed by atoms with Crippen LogP contribution in [0.1, 0.15) is 17.2 Å². The summed E-state index contributed by atoms with van der Waals surface area (Å²) in [6.07, 6.45) is 1.01. The maximum absolute atomic E-state index is 12.7. The number of rotatable bonds is 9. The van der Waals surface area contributed by atoms with E-state index in [9.17, 15) is 4.79 Å². The Kier molecular flexibility index (Phi) is 7.03. The van der Waals surface area contributed by atoms with Gasteiger partial charge in [-0.2, -0.15) is 0 Å². The third-order valence-corrected chi connectivity index (χ3v) is 6.01. The Bertz CT molecular complexity index is 1080. The molecule has 0 saturated heterocycles. The first-order valence-corrected chi connectivity index (χ1v) is 11.2. The van der Waals surface area contributed by atoms with E-state index in [2.05, 4.69) is 63.6 Å². The van der Waals surface area contributed by atoms with Crippen LogP contribution >= 0.6 is 0 Å². The standard InChI is InChI=1S/C27H31N3O3/c1-29(2)22-14-12-21(13-15-22)24(30-17-16-20-8-4-5-9-23(20)30)18-28-27(31)19-33-26-11-7-6-10-25(26)32-3/h4-15,24H,16-19H2,1-3H3,(H,28,31)/t24-/m1/s1. The Morgan fingerprint density at radius 3 is 2.42 bits per heavy atom. The number of hydrogen-bond acceptors (Lipinski definition) is 5. The number of ether oxygens (including phenoxy) is 2. The van der Waals surface area contributed by atoms with Crippen LogP contribution in [0.15, 0.2) is 72.8 Å². The summed E-state index contributed by atoms with van der Waals surface area (Å²) in [7, 11) is 5.65. The molecule has 1 aliphatic heterocycles. The van der Waals surface area contributed by atoms with E-state index >= 15 is 0 Å². The molecule has 3 aromatic carbocycles. The highest BCUT2D eigenvalue weighted by Gasteiger charge is 2.27. The van der Waals surface area contributed by atoms with E-state index < -0.39 is 0 Å². The summed E-state index contributed by atoms with van der Waals surface area (Å²) in [6.45, 7) is 1.35. The van der Waals surface area contributed by atoms with Gasteiger partial charge in [-0.25, -0.2) is 0 Å². The van der Waals surface area contributed by atoms with Crippen LogP contribution in [0.3, 0.4) is 0 Å². The normalized spacial score (nSPS) is 13.2. The van der Waals surface area contributed by atoms with Crippen molar-refractivity contribution in [1.82, 2.24) is 5.32 Å². The van der Waals surface area contributed by atoms with E-state index in [1.165, 1.54) is 16.8 Å². The molecule has 0 radical (unpaired) electrons. The van der Waals surface area contributed by atoms with Gasteiger partial charge >= 0.3 is 0 Å². The van der Waals surface area contributed by atoms with Crippen molar-refractivity contribution in [2.75, 3.05) is 50.7 Å². The van der Waals surface area contributed by atoms with Crippen LogP contribution in [0, 0.1) is 0 Å². The van der Waals surface area contributed by atoms with Crippen LogP contribution in [-0.2, 0) is 11.2 Å². The number of para-hydroxylation sites is 3. The van der Waals surface area contributed by atoms with Crippen LogP contribution in [0.4, 0.5) is 11.4 Å². The first-order chi connectivity index (χ1) is 16.1. The topological polar surface area (TPSA) is 54.0 Å². The first kappa shape index (κ1) is 22.5. The number of nitrogens with zero attached hydrogens (tertiary/aromatic N) is 2. The lowest BCUT2D eigenvalue weighted by Crippen LogP contribution is -2.39. The molecule has 172 valence electrons. The largest absolute Gasteiger partial charge is 0.493 e. The molecule has 0 unspecified atom stereocenters. The van der Waals surface area contributed by atoms with Gasteiger partial charge in [-0.1, -0.05) is 42.5 Å². The van der Waals surface area contributed by atoms with Crippen molar-refractivity contribution in [3.05, 3.63) is 83.9 Å². The van der Waals surface area contributed by atoms with Crippen molar-refractivity contribution in [1.29, 1.82) is 0 Å². The molecule has 0 aromatic heterocycles. The van der Waals surface area contributed by atoms with E-state index in [-0.39, 0.29) is 18.6 Å². The number of hydrogen-bond donors (Lipinski definition) is 1. The summed E-state index contributed by atoms with van der Waals surface area (Å²) in [5.74, 6) is 1.00. The summed E-state index contributed by atoms with van der Waals surface area (Å²) >= 11 is 0. The zero-order valence-electron chi connectivity index (χ0n) is 19.5. The zero-order chi connectivity index (χ0) is 23.2. The Balaban J connectivity index is 1.47. The number of methoxy groups -OCH3 is 1. The Morgan fingerprint density at radius 1 is 1.00 bits per heavy atom. The van der Waals surface area contributed by atoms with E-state index in [0.717, 1.165) is 18.7 Å². The monoisotopic (exact) mass is 445 g/mol. The van der Waals surface area contributed by atoms with Crippen LogP contribution in [0.5, 0.6) is 11.5 Å². The lowest BCUT2D eigenvalue weighted by atomic mass is 10.0. The molecule has 0 fully saturated rings. The fourth-order valence-corrected chi connectivity index (χ4v) is 4.23. The molecule has 1 atom stereocenters. The van der Waals surface area contributed by atoms with Gasteiger partial charge in [0.15, 0.2) is 18.1 Å². The molecule has 0 bridgehead atoms. The predicted octanol–water partition coefficient (Wildman–Crippen LogP) is 4.06. The van der Waals surface area contributed by atoms with Crippen LogP contribution < -0.4 is 24.6 Å². The second-order valence-corrected chi connectivity index (χ2v) is 8.32. The molecule has 4 rings (SSSR count). The number of fused-ring (bicyclic) bond motifs is 1. The Hall–Kier alpha value is -3.67. The zero-order valence-corrected chi connectivity index (χ0v) is 19.5. The molecule has 0 saturated carbocycles. The van der Waals surface area contributed by atoms with Crippen molar-refractivity contribution in [2.24, 2.45) is 0 Å². The SMILES string of the molecule is COc1ccccc1OCC(=O)NC[C@H](c1ccc(N(C)C)cc1)N1CCc2ccccc21. The highest BCUT2D eigenvalue weighted by molar-refractivity contribution is 5.77. The van der Waals surface area contributed by atoms with Crippen molar-refractivity contribution < 1.29 is 14.3 Å². The van der Waals surface area contributed by atoms with Crippen molar-refractivity contribution >= 4 is 17.3 Å². The number of anilines is 2. The van der Waals surface area contributed by atoms with Gasteiger partial charge in [-0.15, -0.1) is 0 Å². The molecule has 1 heterocycles. The maximum atomic E-state index is 12.7. The third-order valence-electron chi connectivity index (χ3n) is 6.01. The molecule has 1 amide bonds. The van der Waals surface area contributed by atoms with Crippen LogP contribution in [-0.4, -0.2) is 46.8 Å². The number of carbonyl (C=O) groups is 1. The molecule has 0 spiro atoms. The van der Waals surface area contributed by atoms with Crippen molar-refractivity contribution in [3.8, 4) is 11.5 Å². The van der Waals surface area contributed by atoms with Gasteiger partial charge in [0, 0.05) is 38.6 Å². The summed E-state index contributed by atoms with van der Waals surface area (Å²) < 4.78 is 11.0. The molecule has 0 aliphatic carbocycles. The van der Waals surface area contributed by atoms with E-state index in [0.29, 0.717) is 18.0 Å². The van der Waals surface area contributed by atoms with Crippen LogP contribution in [0.25, 0.3) is 0 Å². The smallest absolute Gasteiger partial charge is 0.258 e. The minimum atomic E-state index is -0.164. The fraction of sp³-hybridized carbons (Fsp3) is 0.296. The lowest BCUT2D eigenvalue weighted by Gasteiger charge is -2.31. The highest BCUT2D eigenvalue weighted by Crippen LogP contribution is 2.35. The van der Waals surface area contributed by atoms with Gasteiger partial charge in [0.2, 0.25) is 0 Å². The second-order valence-electron chi connectivity index (χ2n) is 8.32. The summed E-state index contributed by atoms with van der Waals surface area (Å²) in [5, 5.41) is 3.08. The lowest BCUT2D eigenvalue weighted by molar-refractivity contribution is -0.123. The molecular weight excluding hydrogens is 414 g/mol. The molecule has 3 aromatic rings. The summed E-state index contributed by atoms with van der Waals surface area (Å²) in [4.78, 5) is 17.1. The van der Waals surface area contributed by atoms with Gasteiger partial charge in [0.1, 0.15) is 0 Å². The molecule has 1 N–H and O–H groups in total. The third kappa shape index (κ3) is 5.22. The number of nitrogens with one attached hydrogen (secondary N) is 1. The number of carbonyl (C=O) groups excluding carboxylic acids is 1. The van der Waals surface area contributed by atoms with Crippen molar-refractivity contribution in [3.63, 3.8) is 0 Å². The highest BCUT2D eigenvalue weighted by atomic mass is 16.5. The quantitative estimate of drug-likeness (QED) is 0.538. The molecule has 6 nitrogen and oxygen atoms in total. The Labute approximate surface area is 195 Å². The average molecular weight is 446 g/mol. The van der Waals surface area contributed by atoms with Gasteiger partial charge in [-0.05, 0) is 47.9 Å². The minimum absolute atomic E-state index is 0.0278. The number of amides is 1. The van der Waals surface area contributed by atoms with Gasteiger partial charge in [0.05, 0.1) is 13.2 Å². The van der Waals surface area contributed by atoms with E-state index in [4.69, 9.17) is 9.47 Å². The van der Waals surface area contributed by atoms with Gasteiger partial charge in [0.25, 0.3) is 5.91 Å². The summed E-state index contributed by atoms with van der Waals surface area (Å²) in [5.41, 5.74) is 4.90. The van der Waals surface area contributed by atoms with Crippen LogP contribution in [0.2, 0.25) is 0 Å². The fourth-order valence-electron chi connectivity index (χ4n) is 4.23. The van der Waals surface area contributed by atoms with E-state index in [1.54, 1.807) is 13.2 Å². The molecule has 1 aliphatic rings. The first-order valence-electron chi connectivity index (χ1n) is 11.2. The van der Waals surface area contributed by atoms with E-state index in [1.807, 2.05) is 32.3 Å². The molecule has 33 heavy (non-hydrogen) atoms. The van der Waals surface area contributed by atoms with Crippen molar-refractivity contribution in [2.45, 2.75) is 12.5 Å². The van der Waals surface area contributed by atoms with Gasteiger partial charge < -0.3 is 24.6 Å². The Morgan fingerprint density at radius 2 is 1.70 bits per heavy atom. The molecular formula is C27H31N3O3. The number of benzene rings is 3. The predicted molar refractivity (Wildman–Crippen MR) is 133 cm³/mol.